The lowest BCUT2D eigenvalue weighted by molar-refractivity contribution is 0.702. The van der Waals surface area contributed by atoms with Gasteiger partial charge in [-0.2, -0.15) is 0 Å². The van der Waals surface area contributed by atoms with Crippen LogP contribution in [0.4, 0.5) is 34.1 Å². The molecular formula is C69H46N2. The van der Waals surface area contributed by atoms with Crippen molar-refractivity contribution in [3.63, 3.8) is 0 Å². The summed E-state index contributed by atoms with van der Waals surface area (Å²) in [5, 5.41) is 0. The normalized spacial score (nSPS) is 16.9. The van der Waals surface area contributed by atoms with Crippen LogP contribution in [0.2, 0.25) is 0 Å². The first-order chi connectivity index (χ1) is 35.1. The fourth-order valence-corrected chi connectivity index (χ4v) is 13.4. The fourth-order valence-electron chi connectivity index (χ4n) is 13.4. The molecule has 11 aromatic carbocycles. The number of benzene rings is 11. The van der Waals surface area contributed by atoms with E-state index in [-0.39, 0.29) is 5.41 Å². The van der Waals surface area contributed by atoms with Gasteiger partial charge in [0.15, 0.2) is 0 Å². The van der Waals surface area contributed by atoms with Crippen LogP contribution in [-0.4, -0.2) is 0 Å². The number of fused-ring (bicyclic) bond motifs is 15. The van der Waals surface area contributed by atoms with Gasteiger partial charge in [0, 0.05) is 27.9 Å². The van der Waals surface area contributed by atoms with Crippen LogP contribution in [-0.2, 0) is 10.8 Å². The summed E-state index contributed by atoms with van der Waals surface area (Å²) >= 11 is 0. The highest BCUT2D eigenvalue weighted by molar-refractivity contribution is 6.05. The highest BCUT2D eigenvalue weighted by Gasteiger charge is 2.54. The van der Waals surface area contributed by atoms with Crippen LogP contribution in [0, 0.1) is 0 Å². The van der Waals surface area contributed by atoms with Gasteiger partial charge in [-0.05, 0) is 151 Å². The summed E-state index contributed by atoms with van der Waals surface area (Å²) in [6.07, 6.45) is 0. The molecule has 1 spiro atoms. The number of hydrogen-bond acceptors (Lipinski definition) is 2. The highest BCUT2D eigenvalue weighted by atomic mass is 15.2. The van der Waals surface area contributed by atoms with Crippen LogP contribution >= 0.6 is 0 Å². The molecule has 4 aliphatic rings. The second kappa shape index (κ2) is 15.0. The van der Waals surface area contributed by atoms with E-state index in [2.05, 4.69) is 278 Å². The Morgan fingerprint density at radius 3 is 1.34 bits per heavy atom. The molecule has 71 heavy (non-hydrogen) atoms. The number of nitrogens with zero attached hydrogens (tertiary/aromatic N) is 2. The Morgan fingerprint density at radius 2 is 0.732 bits per heavy atom. The highest BCUT2D eigenvalue weighted by Crippen LogP contribution is 2.67. The van der Waals surface area contributed by atoms with E-state index in [1.165, 1.54) is 112 Å². The predicted octanol–water partition coefficient (Wildman–Crippen LogP) is 18.0. The smallest absolute Gasteiger partial charge is 0.0727 e. The van der Waals surface area contributed by atoms with Crippen LogP contribution in [0.3, 0.4) is 0 Å². The first kappa shape index (κ1) is 40.0. The second-order valence-electron chi connectivity index (χ2n) is 19.6. The van der Waals surface area contributed by atoms with E-state index in [0.717, 1.165) is 17.1 Å². The van der Waals surface area contributed by atoms with E-state index >= 15 is 0 Å². The van der Waals surface area contributed by atoms with Crippen LogP contribution in [0.15, 0.2) is 261 Å². The van der Waals surface area contributed by atoms with E-state index in [1.54, 1.807) is 0 Å². The molecular weight excluding hydrogens is 857 g/mol. The summed E-state index contributed by atoms with van der Waals surface area (Å²) in [6, 6.07) is 97.6. The zero-order chi connectivity index (χ0) is 46.8. The quantitative estimate of drug-likeness (QED) is 0.164. The molecule has 2 atom stereocenters. The van der Waals surface area contributed by atoms with Crippen molar-refractivity contribution in [3.8, 4) is 55.6 Å². The van der Waals surface area contributed by atoms with Crippen molar-refractivity contribution in [3.05, 3.63) is 300 Å². The van der Waals surface area contributed by atoms with Crippen molar-refractivity contribution in [2.24, 2.45) is 0 Å². The molecule has 11 aromatic rings. The standard InChI is InChI=1S/C69H46N2/c1-68-57-35-17-14-31-49(57)52-34-22-40-64(67(52)68)71(63-39-21-20-38-60(63)68)66-44-62-56(42-54(66)46-25-8-3-9-26-46)51-33-16-19-37-59(51)69(62)58-36-18-15-32-50(58)55-41-53(45-23-6-2-7-24-45)65(43-61(55)69)70(47-27-10-4-11-28-47)48-29-12-5-13-30-48/h2-44H,1H3. The van der Waals surface area contributed by atoms with E-state index < -0.39 is 5.41 Å². The van der Waals surface area contributed by atoms with Gasteiger partial charge in [0.25, 0.3) is 0 Å². The molecule has 0 bridgehead atoms. The van der Waals surface area contributed by atoms with E-state index in [1.807, 2.05) is 0 Å². The summed E-state index contributed by atoms with van der Waals surface area (Å²) in [7, 11) is 0. The lowest BCUT2D eigenvalue weighted by Crippen LogP contribution is -2.32. The van der Waals surface area contributed by atoms with Gasteiger partial charge in [0.05, 0.1) is 28.2 Å². The number of rotatable bonds is 6. The Hall–Kier alpha value is -8.98. The van der Waals surface area contributed by atoms with Crippen LogP contribution in [0.5, 0.6) is 0 Å². The van der Waals surface area contributed by atoms with Gasteiger partial charge < -0.3 is 9.80 Å². The number of anilines is 6. The average molecular weight is 903 g/mol. The molecule has 0 amide bonds. The number of para-hydroxylation sites is 3. The van der Waals surface area contributed by atoms with Crippen LogP contribution in [0.1, 0.15) is 45.9 Å². The lowest BCUT2D eigenvalue weighted by atomic mass is 9.69. The molecule has 0 radical (unpaired) electrons. The molecule has 0 fully saturated rings. The minimum atomic E-state index is -0.649. The van der Waals surface area contributed by atoms with Crippen molar-refractivity contribution in [2.75, 3.05) is 9.80 Å². The summed E-state index contributed by atoms with van der Waals surface area (Å²) in [5.74, 6) is 0. The molecule has 0 saturated heterocycles. The molecule has 1 heterocycles. The van der Waals surface area contributed by atoms with E-state index in [0.29, 0.717) is 0 Å². The van der Waals surface area contributed by atoms with Crippen LogP contribution in [0.25, 0.3) is 55.6 Å². The van der Waals surface area contributed by atoms with Gasteiger partial charge >= 0.3 is 0 Å². The minimum Gasteiger partial charge on any atom is -0.310 e. The SMILES string of the molecule is CC12c3ccccc3-c3cccc(c31)N(c1cc3c(cc1-c1ccccc1)-c1ccccc1C31c3ccccc3-c3cc(-c4ccccc4)c(N(c4ccccc4)c4ccccc4)cc31)c1ccccc12. The molecule has 2 unspecified atom stereocenters. The zero-order valence-electron chi connectivity index (χ0n) is 39.2. The third kappa shape index (κ3) is 5.37. The van der Waals surface area contributed by atoms with E-state index in [4.69, 9.17) is 0 Å². The van der Waals surface area contributed by atoms with Crippen molar-refractivity contribution in [1.29, 1.82) is 0 Å². The topological polar surface area (TPSA) is 6.48 Å². The van der Waals surface area contributed by atoms with Gasteiger partial charge in [-0.15, -0.1) is 0 Å². The summed E-state index contributed by atoms with van der Waals surface area (Å²) in [6.45, 7) is 2.45. The summed E-state index contributed by atoms with van der Waals surface area (Å²) in [5.41, 5.74) is 27.7. The minimum absolute atomic E-state index is 0.323. The predicted molar refractivity (Wildman–Crippen MR) is 294 cm³/mol. The van der Waals surface area contributed by atoms with Crippen molar-refractivity contribution < 1.29 is 0 Å². The Balaban J connectivity index is 1.07. The van der Waals surface area contributed by atoms with E-state index in [9.17, 15) is 0 Å². The molecule has 15 rings (SSSR count). The van der Waals surface area contributed by atoms with Crippen molar-refractivity contribution >= 4 is 34.1 Å². The molecule has 332 valence electrons. The van der Waals surface area contributed by atoms with Crippen molar-refractivity contribution in [1.82, 2.24) is 0 Å². The summed E-state index contributed by atoms with van der Waals surface area (Å²) in [4.78, 5) is 5.07. The third-order valence-electron chi connectivity index (χ3n) is 16.2. The van der Waals surface area contributed by atoms with Gasteiger partial charge in [-0.3, -0.25) is 0 Å². The first-order valence-corrected chi connectivity index (χ1v) is 24.8. The molecule has 2 heteroatoms. The molecule has 2 nitrogen and oxygen atoms in total. The zero-order valence-corrected chi connectivity index (χ0v) is 39.2. The van der Waals surface area contributed by atoms with Gasteiger partial charge in [0.2, 0.25) is 0 Å². The second-order valence-corrected chi connectivity index (χ2v) is 19.6. The molecule has 0 aromatic heterocycles. The monoisotopic (exact) mass is 902 g/mol. The fraction of sp³-hybridized carbons (Fsp3) is 0.0435. The Kier molecular flexibility index (Phi) is 8.45. The lowest BCUT2D eigenvalue weighted by Gasteiger charge is -2.43. The molecule has 3 aliphatic carbocycles. The number of hydrogen-bond donors (Lipinski definition) is 0. The molecule has 1 aliphatic heterocycles. The maximum atomic E-state index is 2.61. The van der Waals surface area contributed by atoms with Gasteiger partial charge in [-0.1, -0.05) is 200 Å². The molecule has 0 saturated carbocycles. The Labute approximate surface area is 415 Å². The molecule has 0 N–H and O–H groups in total. The maximum absolute atomic E-state index is 2.61. The average Bonchev–Trinajstić information content (AvgIpc) is 4.01. The summed E-state index contributed by atoms with van der Waals surface area (Å²) < 4.78 is 0. The Morgan fingerprint density at radius 1 is 0.296 bits per heavy atom. The maximum Gasteiger partial charge on any atom is 0.0727 e. The van der Waals surface area contributed by atoms with Gasteiger partial charge in [0.1, 0.15) is 0 Å². The van der Waals surface area contributed by atoms with Crippen LogP contribution < -0.4 is 9.80 Å². The Bertz CT molecular complexity index is 3900. The third-order valence-corrected chi connectivity index (χ3v) is 16.2. The first-order valence-electron chi connectivity index (χ1n) is 24.8. The van der Waals surface area contributed by atoms with Gasteiger partial charge in [-0.25, -0.2) is 0 Å². The largest absolute Gasteiger partial charge is 0.310 e. The van der Waals surface area contributed by atoms with Crippen molar-refractivity contribution in [2.45, 2.75) is 17.8 Å².